The van der Waals surface area contributed by atoms with Crippen LogP contribution in [0, 0.1) is 0 Å². The first-order valence-corrected chi connectivity index (χ1v) is 6.00. The molecule has 0 saturated carbocycles. The lowest BCUT2D eigenvalue weighted by atomic mass is 9.87. The molecule has 0 unspecified atom stereocenters. The smallest absolute Gasteiger partial charge is 0.419 e. The molecule has 1 aromatic rings. The first-order chi connectivity index (χ1) is 9.18. The minimum absolute atomic E-state index is 0.0268. The van der Waals surface area contributed by atoms with Gasteiger partial charge in [-0.2, -0.15) is 13.2 Å². The Morgan fingerprint density at radius 1 is 1.25 bits per heavy atom. The molecular formula is C13H16F3NO3. The third-order valence-corrected chi connectivity index (χ3v) is 3.14. The second-order valence-corrected chi connectivity index (χ2v) is 4.58. The van der Waals surface area contributed by atoms with Gasteiger partial charge in [0.25, 0.3) is 0 Å². The zero-order valence-electron chi connectivity index (χ0n) is 10.6. The largest absolute Gasteiger partial charge is 0.480 e. The van der Waals surface area contributed by atoms with E-state index in [9.17, 15) is 23.1 Å². The Balaban J connectivity index is 2.74. The molecule has 1 rings (SSSR count). The van der Waals surface area contributed by atoms with E-state index in [0.717, 1.165) is 5.56 Å². The Morgan fingerprint density at radius 3 is 2.25 bits per heavy atom. The van der Waals surface area contributed by atoms with Crippen molar-refractivity contribution < 1.29 is 28.2 Å². The van der Waals surface area contributed by atoms with Crippen LogP contribution in [0.3, 0.4) is 0 Å². The van der Waals surface area contributed by atoms with E-state index in [-0.39, 0.29) is 6.42 Å². The summed E-state index contributed by atoms with van der Waals surface area (Å²) in [6.07, 6.45) is -5.59. The lowest BCUT2D eigenvalue weighted by Crippen LogP contribution is -2.61. The standard InChI is InChI=1S/C13H16F3NO3/c14-13(15,16)12(20,10(17)11(18)19)8-4-7-9-5-2-1-3-6-9/h1-3,5-6,10,20H,4,7-8,17H2,(H,18,19)/t10-,12+/m1/s1. The fraction of sp³-hybridized carbons (Fsp3) is 0.462. The average Bonchev–Trinajstić information content (AvgIpc) is 2.37. The van der Waals surface area contributed by atoms with Crippen LogP contribution in [0.2, 0.25) is 0 Å². The van der Waals surface area contributed by atoms with Crippen molar-refractivity contribution >= 4 is 5.97 Å². The van der Waals surface area contributed by atoms with Crippen molar-refractivity contribution in [1.29, 1.82) is 0 Å². The number of nitrogens with two attached hydrogens (primary N) is 1. The van der Waals surface area contributed by atoms with Gasteiger partial charge in [0, 0.05) is 0 Å². The molecule has 7 heteroatoms. The van der Waals surface area contributed by atoms with Crippen LogP contribution in [-0.2, 0) is 11.2 Å². The summed E-state index contributed by atoms with van der Waals surface area (Å²) < 4.78 is 38.5. The van der Waals surface area contributed by atoms with Crippen molar-refractivity contribution in [2.75, 3.05) is 0 Å². The first-order valence-electron chi connectivity index (χ1n) is 6.00. The molecule has 1 aromatic carbocycles. The summed E-state index contributed by atoms with van der Waals surface area (Å²) in [6, 6.07) is 6.34. The predicted octanol–water partition coefficient (Wildman–Crippen LogP) is 1.71. The quantitative estimate of drug-likeness (QED) is 0.745. The van der Waals surface area contributed by atoms with Gasteiger partial charge in [0.2, 0.25) is 0 Å². The van der Waals surface area contributed by atoms with Gasteiger partial charge in [0.15, 0.2) is 5.60 Å². The lowest BCUT2D eigenvalue weighted by molar-refractivity contribution is -0.270. The van der Waals surface area contributed by atoms with Crippen LogP contribution in [0.4, 0.5) is 13.2 Å². The number of hydrogen-bond donors (Lipinski definition) is 3. The highest BCUT2D eigenvalue weighted by Gasteiger charge is 2.59. The summed E-state index contributed by atoms with van der Waals surface area (Å²) in [4.78, 5) is 10.6. The molecule has 0 fully saturated rings. The Bertz CT molecular complexity index is 450. The van der Waals surface area contributed by atoms with Crippen molar-refractivity contribution in [3.8, 4) is 0 Å². The highest BCUT2D eigenvalue weighted by Crippen LogP contribution is 2.36. The highest BCUT2D eigenvalue weighted by molar-refractivity contribution is 5.75. The minimum Gasteiger partial charge on any atom is -0.480 e. The topological polar surface area (TPSA) is 83.6 Å². The van der Waals surface area contributed by atoms with Crippen LogP contribution in [-0.4, -0.2) is 34.0 Å². The summed E-state index contributed by atoms with van der Waals surface area (Å²) in [5, 5.41) is 18.2. The second kappa shape index (κ2) is 6.23. The number of rotatable bonds is 6. The number of carboxylic acid groups (broad SMARTS) is 1. The molecule has 4 N–H and O–H groups in total. The SMILES string of the molecule is N[C@H](C(=O)O)[C@@](O)(CCCc1ccccc1)C(F)(F)F. The molecule has 20 heavy (non-hydrogen) atoms. The Kier molecular flexibility index (Phi) is 5.13. The van der Waals surface area contributed by atoms with E-state index in [0.29, 0.717) is 6.42 Å². The highest BCUT2D eigenvalue weighted by atomic mass is 19.4. The predicted molar refractivity (Wildman–Crippen MR) is 66.0 cm³/mol. The van der Waals surface area contributed by atoms with Gasteiger partial charge in [-0.3, -0.25) is 4.79 Å². The van der Waals surface area contributed by atoms with Crippen LogP contribution < -0.4 is 5.73 Å². The first kappa shape index (κ1) is 16.5. The van der Waals surface area contributed by atoms with Crippen molar-refractivity contribution in [3.05, 3.63) is 35.9 Å². The number of benzene rings is 1. The number of halogens is 3. The molecule has 0 aliphatic heterocycles. The zero-order valence-corrected chi connectivity index (χ0v) is 10.6. The molecule has 0 aliphatic rings. The normalized spacial score (nSPS) is 16.4. The van der Waals surface area contributed by atoms with Crippen LogP contribution in [0.1, 0.15) is 18.4 Å². The summed E-state index contributed by atoms with van der Waals surface area (Å²) >= 11 is 0. The van der Waals surface area contributed by atoms with Crippen LogP contribution in [0.15, 0.2) is 30.3 Å². The molecular weight excluding hydrogens is 275 g/mol. The van der Waals surface area contributed by atoms with Gasteiger partial charge in [-0.25, -0.2) is 0 Å². The molecule has 0 saturated heterocycles. The fourth-order valence-electron chi connectivity index (χ4n) is 1.88. The van der Waals surface area contributed by atoms with Crippen molar-refractivity contribution in [1.82, 2.24) is 0 Å². The monoisotopic (exact) mass is 291 g/mol. The van der Waals surface area contributed by atoms with E-state index in [2.05, 4.69) is 0 Å². The van der Waals surface area contributed by atoms with Gasteiger partial charge in [-0.05, 0) is 24.8 Å². The Labute approximate surface area is 114 Å². The number of aliphatic hydroxyl groups is 1. The maximum Gasteiger partial charge on any atom is 0.419 e. The van der Waals surface area contributed by atoms with E-state index < -0.39 is 30.2 Å². The fourth-order valence-corrected chi connectivity index (χ4v) is 1.88. The summed E-state index contributed by atoms with van der Waals surface area (Å²) in [5.41, 5.74) is 2.37. The number of carbonyl (C=O) groups is 1. The van der Waals surface area contributed by atoms with E-state index in [4.69, 9.17) is 10.8 Å². The third-order valence-electron chi connectivity index (χ3n) is 3.14. The second-order valence-electron chi connectivity index (χ2n) is 4.58. The Morgan fingerprint density at radius 2 is 1.80 bits per heavy atom. The third kappa shape index (κ3) is 3.71. The number of hydrogen-bond acceptors (Lipinski definition) is 3. The molecule has 2 atom stereocenters. The molecule has 0 aromatic heterocycles. The molecule has 4 nitrogen and oxygen atoms in total. The van der Waals surface area contributed by atoms with Crippen molar-refractivity contribution in [2.24, 2.45) is 5.73 Å². The van der Waals surface area contributed by atoms with Gasteiger partial charge < -0.3 is 15.9 Å². The molecule has 0 radical (unpaired) electrons. The van der Waals surface area contributed by atoms with Crippen molar-refractivity contribution in [3.63, 3.8) is 0 Å². The summed E-state index contributed by atoms with van der Waals surface area (Å²) in [6.45, 7) is 0. The molecule has 0 aliphatic carbocycles. The molecule has 0 heterocycles. The Hall–Kier alpha value is -1.60. The van der Waals surface area contributed by atoms with E-state index in [1.165, 1.54) is 0 Å². The minimum atomic E-state index is -5.10. The molecule has 0 bridgehead atoms. The maximum atomic E-state index is 12.8. The van der Waals surface area contributed by atoms with Crippen LogP contribution in [0.25, 0.3) is 0 Å². The van der Waals surface area contributed by atoms with E-state index in [1.807, 2.05) is 0 Å². The van der Waals surface area contributed by atoms with Gasteiger partial charge in [0.1, 0.15) is 6.04 Å². The van der Waals surface area contributed by atoms with Gasteiger partial charge >= 0.3 is 12.1 Å². The lowest BCUT2D eigenvalue weighted by Gasteiger charge is -2.33. The van der Waals surface area contributed by atoms with Crippen LogP contribution >= 0.6 is 0 Å². The average molecular weight is 291 g/mol. The van der Waals surface area contributed by atoms with E-state index in [1.54, 1.807) is 30.3 Å². The van der Waals surface area contributed by atoms with Gasteiger partial charge in [-0.15, -0.1) is 0 Å². The van der Waals surface area contributed by atoms with Gasteiger partial charge in [0.05, 0.1) is 0 Å². The number of aryl methyl sites for hydroxylation is 1. The van der Waals surface area contributed by atoms with E-state index >= 15 is 0 Å². The number of alkyl halides is 3. The number of aliphatic carboxylic acids is 1. The molecule has 0 amide bonds. The molecule has 0 spiro atoms. The summed E-state index contributed by atoms with van der Waals surface area (Å²) in [5.74, 6) is -1.88. The summed E-state index contributed by atoms with van der Waals surface area (Å²) in [7, 11) is 0. The maximum absolute atomic E-state index is 12.8. The number of carboxylic acids is 1. The van der Waals surface area contributed by atoms with Crippen molar-refractivity contribution in [2.45, 2.75) is 37.1 Å². The zero-order chi connectivity index (χ0) is 15.4. The van der Waals surface area contributed by atoms with Gasteiger partial charge in [-0.1, -0.05) is 30.3 Å². The molecule has 112 valence electrons. The van der Waals surface area contributed by atoms with Crippen LogP contribution in [0.5, 0.6) is 0 Å².